The molecule has 2 heterocycles. The second kappa shape index (κ2) is 6.20. The third-order valence-corrected chi connectivity index (χ3v) is 3.41. The molecule has 4 N–H and O–H groups in total. The molecule has 18 heavy (non-hydrogen) atoms. The molecule has 0 aliphatic carbocycles. The maximum absolute atomic E-state index is 5.98. The van der Waals surface area contributed by atoms with E-state index in [1.807, 2.05) is 6.92 Å². The van der Waals surface area contributed by atoms with Gasteiger partial charge in [-0.2, -0.15) is 0 Å². The minimum atomic E-state index is 0.575. The summed E-state index contributed by atoms with van der Waals surface area (Å²) in [5.74, 6) is 1.38. The first-order valence-corrected chi connectivity index (χ1v) is 6.79. The Hall–Kier alpha value is -1.82. The number of hydrogen-bond acceptors (Lipinski definition) is 6. The van der Waals surface area contributed by atoms with E-state index in [1.54, 1.807) is 11.3 Å². The first-order chi connectivity index (χ1) is 8.81. The summed E-state index contributed by atoms with van der Waals surface area (Å²) in [6.07, 6.45) is 2.49. The molecule has 0 saturated heterocycles. The molecule has 0 aromatic carbocycles. The standard InChI is InChI=1S/C12H17N5S/c1-2-14-11-10(13)12(17-8-16-11)15-6-5-9-4-3-7-18-9/h3-4,7-8H,2,5-6,13H2,1H3,(H2,14,15,16,17). The second-order valence-corrected chi connectivity index (χ2v) is 4.80. The molecule has 2 aromatic rings. The van der Waals surface area contributed by atoms with Gasteiger partial charge in [-0.15, -0.1) is 11.3 Å². The van der Waals surface area contributed by atoms with Crippen molar-refractivity contribution in [1.29, 1.82) is 0 Å². The number of rotatable bonds is 6. The predicted molar refractivity (Wildman–Crippen MR) is 77.1 cm³/mol. The highest BCUT2D eigenvalue weighted by atomic mass is 32.1. The lowest BCUT2D eigenvalue weighted by molar-refractivity contribution is 1.02. The molecule has 5 nitrogen and oxygen atoms in total. The van der Waals surface area contributed by atoms with Crippen LogP contribution in [-0.4, -0.2) is 23.1 Å². The minimum absolute atomic E-state index is 0.575. The zero-order valence-electron chi connectivity index (χ0n) is 10.3. The van der Waals surface area contributed by atoms with Gasteiger partial charge in [-0.05, 0) is 24.8 Å². The minimum Gasteiger partial charge on any atom is -0.393 e. The predicted octanol–water partition coefficient (Wildman–Crippen LogP) is 2.21. The van der Waals surface area contributed by atoms with Crippen LogP contribution in [0.1, 0.15) is 11.8 Å². The van der Waals surface area contributed by atoms with Gasteiger partial charge in [0.05, 0.1) is 0 Å². The fraction of sp³-hybridized carbons (Fsp3) is 0.333. The molecule has 6 heteroatoms. The van der Waals surface area contributed by atoms with Crippen LogP contribution < -0.4 is 16.4 Å². The highest BCUT2D eigenvalue weighted by molar-refractivity contribution is 7.09. The van der Waals surface area contributed by atoms with E-state index < -0.39 is 0 Å². The van der Waals surface area contributed by atoms with Gasteiger partial charge in [0, 0.05) is 18.0 Å². The quantitative estimate of drug-likeness (QED) is 0.745. The molecule has 2 aromatic heterocycles. The maximum atomic E-state index is 5.98. The summed E-state index contributed by atoms with van der Waals surface area (Å²) in [6.45, 7) is 3.61. The van der Waals surface area contributed by atoms with Crippen molar-refractivity contribution in [2.75, 3.05) is 29.5 Å². The summed E-state index contributed by atoms with van der Waals surface area (Å²) in [6, 6.07) is 4.18. The van der Waals surface area contributed by atoms with E-state index in [0.29, 0.717) is 17.3 Å². The largest absolute Gasteiger partial charge is 0.393 e. The fourth-order valence-corrected chi connectivity index (χ4v) is 2.31. The summed E-state index contributed by atoms with van der Waals surface area (Å²) < 4.78 is 0. The van der Waals surface area contributed by atoms with Crippen LogP contribution in [-0.2, 0) is 6.42 Å². The van der Waals surface area contributed by atoms with Crippen LogP contribution in [0.4, 0.5) is 17.3 Å². The number of hydrogen-bond donors (Lipinski definition) is 3. The molecular formula is C12H17N5S. The van der Waals surface area contributed by atoms with Crippen molar-refractivity contribution in [2.45, 2.75) is 13.3 Å². The number of nitrogen functional groups attached to an aromatic ring is 1. The molecule has 0 atom stereocenters. The summed E-state index contributed by atoms with van der Waals surface area (Å²) in [4.78, 5) is 9.61. The van der Waals surface area contributed by atoms with Gasteiger partial charge in [0.2, 0.25) is 0 Å². The van der Waals surface area contributed by atoms with Gasteiger partial charge in [0.25, 0.3) is 0 Å². The Morgan fingerprint density at radius 1 is 1.28 bits per heavy atom. The molecule has 0 saturated carbocycles. The maximum Gasteiger partial charge on any atom is 0.154 e. The first kappa shape index (κ1) is 12.6. The summed E-state index contributed by atoms with van der Waals surface area (Å²) in [5.41, 5.74) is 6.56. The zero-order valence-corrected chi connectivity index (χ0v) is 11.1. The summed E-state index contributed by atoms with van der Waals surface area (Å²) >= 11 is 1.76. The average Bonchev–Trinajstić information content (AvgIpc) is 2.87. The lowest BCUT2D eigenvalue weighted by Gasteiger charge is -2.11. The molecular weight excluding hydrogens is 246 g/mol. The number of nitrogens with two attached hydrogens (primary N) is 1. The van der Waals surface area contributed by atoms with Gasteiger partial charge < -0.3 is 16.4 Å². The van der Waals surface area contributed by atoms with E-state index in [1.165, 1.54) is 11.2 Å². The van der Waals surface area contributed by atoms with Gasteiger partial charge in [-0.1, -0.05) is 6.07 Å². The Kier molecular flexibility index (Phi) is 4.35. The van der Waals surface area contributed by atoms with Crippen LogP contribution in [0.25, 0.3) is 0 Å². The first-order valence-electron chi connectivity index (χ1n) is 5.92. The van der Waals surface area contributed by atoms with Crippen molar-refractivity contribution in [3.63, 3.8) is 0 Å². The molecule has 0 bridgehead atoms. The Labute approximate surface area is 110 Å². The zero-order chi connectivity index (χ0) is 12.8. The molecule has 96 valence electrons. The molecule has 0 unspecified atom stereocenters. The molecule has 0 radical (unpaired) electrons. The van der Waals surface area contributed by atoms with E-state index in [9.17, 15) is 0 Å². The van der Waals surface area contributed by atoms with Crippen LogP contribution in [0.5, 0.6) is 0 Å². The van der Waals surface area contributed by atoms with Gasteiger partial charge in [0.15, 0.2) is 11.6 Å². The smallest absolute Gasteiger partial charge is 0.154 e. The van der Waals surface area contributed by atoms with E-state index in [4.69, 9.17) is 5.73 Å². The van der Waals surface area contributed by atoms with Crippen LogP contribution in [0.15, 0.2) is 23.8 Å². The normalized spacial score (nSPS) is 10.3. The van der Waals surface area contributed by atoms with Crippen LogP contribution >= 0.6 is 11.3 Å². The molecule has 0 amide bonds. The molecule has 0 aliphatic heterocycles. The Morgan fingerprint density at radius 3 is 2.72 bits per heavy atom. The molecule has 2 rings (SSSR count). The van der Waals surface area contributed by atoms with Crippen molar-refractivity contribution < 1.29 is 0 Å². The summed E-state index contributed by atoms with van der Waals surface area (Å²) in [7, 11) is 0. The third kappa shape index (κ3) is 3.10. The van der Waals surface area contributed by atoms with Gasteiger partial charge in [-0.3, -0.25) is 0 Å². The summed E-state index contributed by atoms with van der Waals surface area (Å²) in [5, 5.41) is 8.43. The lowest BCUT2D eigenvalue weighted by Crippen LogP contribution is -2.11. The van der Waals surface area contributed by atoms with E-state index in [2.05, 4.69) is 38.1 Å². The Balaban J connectivity index is 1.94. The average molecular weight is 263 g/mol. The van der Waals surface area contributed by atoms with Crippen LogP contribution in [0.3, 0.4) is 0 Å². The number of aromatic nitrogens is 2. The van der Waals surface area contributed by atoms with Crippen molar-refractivity contribution in [3.8, 4) is 0 Å². The monoisotopic (exact) mass is 263 g/mol. The highest BCUT2D eigenvalue weighted by Crippen LogP contribution is 2.22. The van der Waals surface area contributed by atoms with Crippen molar-refractivity contribution in [2.24, 2.45) is 0 Å². The van der Waals surface area contributed by atoms with Gasteiger partial charge in [0.1, 0.15) is 12.0 Å². The molecule has 0 spiro atoms. The number of thiophene rings is 1. The number of nitrogens with zero attached hydrogens (tertiary/aromatic N) is 2. The van der Waals surface area contributed by atoms with E-state index in [0.717, 1.165) is 19.5 Å². The van der Waals surface area contributed by atoms with Crippen molar-refractivity contribution in [3.05, 3.63) is 28.7 Å². The van der Waals surface area contributed by atoms with Crippen molar-refractivity contribution in [1.82, 2.24) is 9.97 Å². The van der Waals surface area contributed by atoms with Crippen LogP contribution in [0, 0.1) is 0 Å². The highest BCUT2D eigenvalue weighted by Gasteiger charge is 2.06. The topological polar surface area (TPSA) is 75.9 Å². The fourth-order valence-electron chi connectivity index (χ4n) is 1.60. The number of anilines is 3. The number of nitrogens with one attached hydrogen (secondary N) is 2. The SMILES string of the molecule is CCNc1ncnc(NCCc2cccs2)c1N. The van der Waals surface area contributed by atoms with Crippen LogP contribution in [0.2, 0.25) is 0 Å². The lowest BCUT2D eigenvalue weighted by atomic mass is 10.3. The van der Waals surface area contributed by atoms with Crippen molar-refractivity contribution >= 4 is 28.7 Å². The Morgan fingerprint density at radius 2 is 2.06 bits per heavy atom. The van der Waals surface area contributed by atoms with Gasteiger partial charge >= 0.3 is 0 Å². The third-order valence-electron chi connectivity index (χ3n) is 2.47. The van der Waals surface area contributed by atoms with E-state index in [-0.39, 0.29) is 0 Å². The molecule has 0 aliphatic rings. The molecule has 0 fully saturated rings. The van der Waals surface area contributed by atoms with E-state index >= 15 is 0 Å². The Bertz CT molecular complexity index is 483. The van der Waals surface area contributed by atoms with Gasteiger partial charge in [-0.25, -0.2) is 9.97 Å². The second-order valence-electron chi connectivity index (χ2n) is 3.77.